The summed E-state index contributed by atoms with van der Waals surface area (Å²) in [5.41, 5.74) is 9.44. The molecule has 188 valence electrons. The van der Waals surface area contributed by atoms with Crippen molar-refractivity contribution in [3.05, 3.63) is 66.0 Å². The fraction of sp³-hybridized carbons (Fsp3) is 0.464. The quantitative estimate of drug-likeness (QED) is 0.431. The maximum absolute atomic E-state index is 13.1. The zero-order valence-corrected chi connectivity index (χ0v) is 20.9. The van der Waals surface area contributed by atoms with Crippen molar-refractivity contribution < 1.29 is 9.53 Å². The molecule has 7 nitrogen and oxygen atoms in total. The first-order chi connectivity index (χ1) is 17.0. The zero-order chi connectivity index (χ0) is 24.6. The SMILES string of the molecule is CN[C@H]1CCN(Cc2cc(N/C=C(/C)N)cc(NC(=O)C3CCC(Oc4ccccc4)CC3)c2)C1. The predicted molar refractivity (Wildman–Crippen MR) is 142 cm³/mol. The number of likely N-dealkylation sites (tertiary alicyclic amines) is 1. The van der Waals surface area contributed by atoms with Crippen LogP contribution in [0.2, 0.25) is 0 Å². The number of carbonyl (C=O) groups is 1. The second-order valence-electron chi connectivity index (χ2n) is 9.85. The number of allylic oxidation sites excluding steroid dienone is 1. The van der Waals surface area contributed by atoms with E-state index in [1.807, 2.05) is 50.4 Å². The van der Waals surface area contributed by atoms with Crippen molar-refractivity contribution >= 4 is 17.3 Å². The van der Waals surface area contributed by atoms with E-state index >= 15 is 0 Å². The highest BCUT2D eigenvalue weighted by Gasteiger charge is 2.27. The van der Waals surface area contributed by atoms with Gasteiger partial charge < -0.3 is 26.4 Å². The molecule has 1 atom stereocenters. The van der Waals surface area contributed by atoms with Gasteiger partial charge in [0.25, 0.3) is 0 Å². The largest absolute Gasteiger partial charge is 0.490 e. The first-order valence-electron chi connectivity index (χ1n) is 12.7. The van der Waals surface area contributed by atoms with Gasteiger partial charge in [0, 0.05) is 54.9 Å². The van der Waals surface area contributed by atoms with E-state index in [2.05, 4.69) is 33.0 Å². The predicted octanol–water partition coefficient (Wildman–Crippen LogP) is 4.29. The number of para-hydroxylation sites is 1. The second-order valence-corrected chi connectivity index (χ2v) is 9.85. The Morgan fingerprint density at radius 2 is 1.83 bits per heavy atom. The molecule has 4 rings (SSSR count). The van der Waals surface area contributed by atoms with E-state index in [1.54, 1.807) is 6.20 Å². The van der Waals surface area contributed by atoms with Crippen LogP contribution in [0.3, 0.4) is 0 Å². The van der Waals surface area contributed by atoms with Crippen LogP contribution in [0.25, 0.3) is 0 Å². The number of benzene rings is 2. The number of ether oxygens (including phenoxy) is 1. The molecule has 2 aromatic rings. The van der Waals surface area contributed by atoms with E-state index in [9.17, 15) is 4.79 Å². The Kier molecular flexibility index (Phi) is 8.66. The smallest absolute Gasteiger partial charge is 0.227 e. The molecule has 2 aromatic carbocycles. The monoisotopic (exact) mass is 477 g/mol. The molecule has 1 saturated carbocycles. The number of carbonyl (C=O) groups excluding carboxylic acids is 1. The molecule has 1 aliphatic heterocycles. The molecule has 1 amide bonds. The molecule has 1 aliphatic carbocycles. The minimum absolute atomic E-state index is 0.00633. The first-order valence-corrected chi connectivity index (χ1v) is 12.7. The van der Waals surface area contributed by atoms with E-state index in [1.165, 1.54) is 5.56 Å². The van der Waals surface area contributed by atoms with Gasteiger partial charge in [0.1, 0.15) is 5.75 Å². The van der Waals surface area contributed by atoms with Crippen LogP contribution in [0.15, 0.2) is 60.4 Å². The summed E-state index contributed by atoms with van der Waals surface area (Å²) in [6.45, 7) is 4.80. The van der Waals surface area contributed by atoms with Gasteiger partial charge in [0.2, 0.25) is 5.91 Å². The number of nitrogens with one attached hydrogen (secondary N) is 3. The van der Waals surface area contributed by atoms with Crippen molar-refractivity contribution in [1.82, 2.24) is 10.2 Å². The lowest BCUT2D eigenvalue weighted by Crippen LogP contribution is -2.31. The van der Waals surface area contributed by atoms with Crippen molar-refractivity contribution in [2.45, 2.75) is 57.7 Å². The van der Waals surface area contributed by atoms with Gasteiger partial charge in [0.15, 0.2) is 0 Å². The van der Waals surface area contributed by atoms with Gasteiger partial charge >= 0.3 is 0 Å². The Balaban J connectivity index is 1.37. The van der Waals surface area contributed by atoms with Crippen molar-refractivity contribution in [3.63, 3.8) is 0 Å². The highest BCUT2D eigenvalue weighted by atomic mass is 16.5. The fourth-order valence-corrected chi connectivity index (χ4v) is 4.98. The molecule has 5 N–H and O–H groups in total. The third-order valence-electron chi connectivity index (χ3n) is 6.90. The minimum atomic E-state index is 0.00633. The van der Waals surface area contributed by atoms with Crippen LogP contribution in [-0.4, -0.2) is 43.1 Å². The van der Waals surface area contributed by atoms with E-state index in [0.717, 1.165) is 68.9 Å². The fourth-order valence-electron chi connectivity index (χ4n) is 4.98. The summed E-state index contributed by atoms with van der Waals surface area (Å²) >= 11 is 0. The van der Waals surface area contributed by atoms with E-state index in [4.69, 9.17) is 10.5 Å². The van der Waals surface area contributed by atoms with Crippen LogP contribution >= 0.6 is 0 Å². The Labute approximate surface area is 209 Å². The van der Waals surface area contributed by atoms with Crippen LogP contribution < -0.4 is 26.4 Å². The molecular formula is C28H39N5O2. The van der Waals surface area contributed by atoms with Crippen molar-refractivity contribution in [2.24, 2.45) is 11.7 Å². The number of likely N-dealkylation sites (N-methyl/N-ethyl adjacent to an activating group) is 1. The Bertz CT molecular complexity index is 998. The van der Waals surface area contributed by atoms with Gasteiger partial charge in [-0.2, -0.15) is 0 Å². The van der Waals surface area contributed by atoms with Crippen LogP contribution in [-0.2, 0) is 11.3 Å². The van der Waals surface area contributed by atoms with Gasteiger partial charge in [-0.3, -0.25) is 9.69 Å². The van der Waals surface area contributed by atoms with Gasteiger partial charge in [-0.25, -0.2) is 0 Å². The third-order valence-corrected chi connectivity index (χ3v) is 6.90. The van der Waals surface area contributed by atoms with E-state index < -0.39 is 0 Å². The summed E-state index contributed by atoms with van der Waals surface area (Å²) in [7, 11) is 2.02. The number of amides is 1. The van der Waals surface area contributed by atoms with E-state index in [-0.39, 0.29) is 17.9 Å². The third kappa shape index (κ3) is 7.47. The minimum Gasteiger partial charge on any atom is -0.490 e. The zero-order valence-electron chi connectivity index (χ0n) is 20.9. The first kappa shape index (κ1) is 25.1. The number of nitrogens with zero attached hydrogens (tertiary/aromatic N) is 1. The molecule has 2 fully saturated rings. The van der Waals surface area contributed by atoms with Crippen LogP contribution in [0, 0.1) is 5.92 Å². The average molecular weight is 478 g/mol. The summed E-state index contributed by atoms with van der Waals surface area (Å²) in [5, 5.41) is 9.83. The van der Waals surface area contributed by atoms with Crippen molar-refractivity contribution in [1.29, 1.82) is 0 Å². The van der Waals surface area contributed by atoms with Crippen molar-refractivity contribution in [3.8, 4) is 5.75 Å². The lowest BCUT2D eigenvalue weighted by molar-refractivity contribution is -0.121. The Hall–Kier alpha value is -3.03. The molecule has 1 heterocycles. The molecule has 0 aromatic heterocycles. The van der Waals surface area contributed by atoms with Crippen LogP contribution in [0.4, 0.5) is 11.4 Å². The summed E-state index contributed by atoms with van der Waals surface area (Å²) in [6, 6.07) is 16.7. The molecule has 1 saturated heterocycles. The van der Waals surface area contributed by atoms with Crippen LogP contribution in [0.1, 0.15) is 44.6 Å². The highest BCUT2D eigenvalue weighted by molar-refractivity contribution is 5.93. The maximum atomic E-state index is 13.1. The number of rotatable bonds is 9. The van der Waals surface area contributed by atoms with Gasteiger partial charge in [-0.15, -0.1) is 0 Å². The standard InChI is InChI=1S/C28H39N5O2/c1-20(29)17-31-24-14-21(18-33-13-12-23(19-33)30-2)15-25(16-24)32-28(34)22-8-10-27(11-9-22)35-26-6-4-3-5-7-26/h3-7,14-17,22-23,27,30-31H,8-13,18-19,29H2,1-2H3,(H,32,34)/b20-17-/t22?,23-,27?/m0/s1. The highest BCUT2D eigenvalue weighted by Crippen LogP contribution is 2.29. The number of nitrogens with two attached hydrogens (primary N) is 1. The molecule has 0 unspecified atom stereocenters. The summed E-state index contributed by atoms with van der Waals surface area (Å²) in [4.78, 5) is 15.6. The average Bonchev–Trinajstić information content (AvgIpc) is 3.31. The Morgan fingerprint density at radius 1 is 1.09 bits per heavy atom. The summed E-state index contributed by atoms with van der Waals surface area (Å²) in [6.07, 6.45) is 6.57. The number of hydrogen-bond acceptors (Lipinski definition) is 6. The lowest BCUT2D eigenvalue weighted by atomic mass is 9.86. The summed E-state index contributed by atoms with van der Waals surface area (Å²) in [5.74, 6) is 0.998. The molecular weight excluding hydrogens is 438 g/mol. The molecule has 0 bridgehead atoms. The molecule has 0 spiro atoms. The second kappa shape index (κ2) is 12.1. The maximum Gasteiger partial charge on any atom is 0.227 e. The van der Waals surface area contributed by atoms with Crippen molar-refractivity contribution in [2.75, 3.05) is 30.8 Å². The van der Waals surface area contributed by atoms with E-state index in [0.29, 0.717) is 11.7 Å². The normalized spacial score (nSPS) is 23.1. The molecule has 0 radical (unpaired) electrons. The number of anilines is 2. The van der Waals surface area contributed by atoms with Gasteiger partial charge in [-0.1, -0.05) is 18.2 Å². The van der Waals surface area contributed by atoms with Gasteiger partial charge in [-0.05, 0) is 82.0 Å². The molecule has 2 aliphatic rings. The summed E-state index contributed by atoms with van der Waals surface area (Å²) < 4.78 is 6.09. The topological polar surface area (TPSA) is 91.6 Å². The molecule has 35 heavy (non-hydrogen) atoms. The number of hydrogen-bond donors (Lipinski definition) is 4. The van der Waals surface area contributed by atoms with Gasteiger partial charge in [0.05, 0.1) is 6.10 Å². The van der Waals surface area contributed by atoms with Crippen LogP contribution in [0.5, 0.6) is 5.75 Å². The Morgan fingerprint density at radius 3 is 2.51 bits per heavy atom. The lowest BCUT2D eigenvalue weighted by Gasteiger charge is -2.28. The molecule has 7 heteroatoms.